The van der Waals surface area contributed by atoms with Crippen molar-refractivity contribution >= 4 is 44.6 Å². The number of hydrogen-bond acceptors (Lipinski definition) is 4. The molecule has 5 nitrogen and oxygen atoms in total. The molecule has 0 spiro atoms. The molecule has 0 amide bonds. The molecule has 0 fully saturated rings. The van der Waals surface area contributed by atoms with E-state index in [9.17, 15) is 0 Å². The lowest BCUT2D eigenvalue weighted by Crippen LogP contribution is -2.25. The van der Waals surface area contributed by atoms with E-state index < -0.39 is 0 Å². The quantitative estimate of drug-likeness (QED) is 0.137. The molecule has 0 atom stereocenters. The fourth-order valence-electron chi connectivity index (χ4n) is 10.7. The zero-order chi connectivity index (χ0) is 50.9. The number of aromatic nitrogens is 2. The summed E-state index contributed by atoms with van der Waals surface area (Å²) < 4.78 is 9.52. The number of pyridine rings is 1. The first-order valence-electron chi connectivity index (χ1n) is 25.8. The Labute approximate surface area is 432 Å². The minimum Gasteiger partial charge on any atom is -0.457 e. The molecule has 0 bridgehead atoms. The van der Waals surface area contributed by atoms with E-state index >= 15 is 0 Å². The largest absolute Gasteiger partial charge is 0.457 e. The van der Waals surface area contributed by atoms with Crippen molar-refractivity contribution in [2.24, 2.45) is 0 Å². The van der Waals surface area contributed by atoms with Gasteiger partial charge in [-0.1, -0.05) is 184 Å². The van der Waals surface area contributed by atoms with Gasteiger partial charge < -0.3 is 14.5 Å². The molecule has 1 aliphatic heterocycles. The van der Waals surface area contributed by atoms with E-state index in [1.54, 1.807) is 0 Å². The summed E-state index contributed by atoms with van der Waals surface area (Å²) >= 11 is 0. The average molecular weight is 955 g/mol. The number of anilines is 4. The summed E-state index contributed by atoms with van der Waals surface area (Å²) in [6, 6.07) is 72.9. The molecule has 0 aliphatic carbocycles. The van der Waals surface area contributed by atoms with Gasteiger partial charge in [0.25, 0.3) is 0 Å². The summed E-state index contributed by atoms with van der Waals surface area (Å²) in [7, 11) is 0. The molecule has 0 saturated heterocycles. The molecule has 1 aliphatic rings. The average Bonchev–Trinajstić information content (AvgIpc) is 3.95. The maximum Gasteiger partial charge on any atom is 0.137 e. The van der Waals surface area contributed by atoms with Gasteiger partial charge in [-0.3, -0.25) is 4.57 Å². The van der Waals surface area contributed by atoms with Crippen molar-refractivity contribution in [1.29, 1.82) is 0 Å². The lowest BCUT2D eigenvalue weighted by atomic mass is 9.78. The molecule has 0 N–H and O–H groups in total. The van der Waals surface area contributed by atoms with Crippen molar-refractivity contribution in [3.63, 3.8) is 0 Å². The Bertz CT molecular complexity index is 3650. The summed E-state index contributed by atoms with van der Waals surface area (Å²) in [6.07, 6.45) is 1.96. The summed E-state index contributed by atoms with van der Waals surface area (Å²) in [5, 5.41) is 2.35. The minimum absolute atomic E-state index is 0.0196. The third-order valence-electron chi connectivity index (χ3n) is 15.4. The van der Waals surface area contributed by atoms with Gasteiger partial charge in [0.05, 0.1) is 22.4 Å². The fourth-order valence-corrected chi connectivity index (χ4v) is 10.7. The zero-order valence-corrected chi connectivity index (χ0v) is 44.0. The van der Waals surface area contributed by atoms with Crippen LogP contribution >= 0.6 is 0 Å². The second kappa shape index (κ2) is 18.0. The van der Waals surface area contributed by atoms with Crippen LogP contribution < -0.4 is 14.5 Å². The zero-order valence-electron chi connectivity index (χ0n) is 44.0. The van der Waals surface area contributed by atoms with Crippen LogP contribution in [-0.4, -0.2) is 16.2 Å². The molecule has 0 radical (unpaired) electrons. The maximum absolute atomic E-state index is 7.20. The Kier molecular flexibility index (Phi) is 11.7. The van der Waals surface area contributed by atoms with E-state index in [1.165, 1.54) is 55.7 Å². The van der Waals surface area contributed by atoms with Crippen molar-refractivity contribution in [3.05, 3.63) is 240 Å². The number of ether oxygens (including phenoxy) is 1. The topological polar surface area (TPSA) is 33.5 Å². The number of para-hydroxylation sites is 2. The highest BCUT2D eigenvalue weighted by Gasteiger charge is 2.32. The van der Waals surface area contributed by atoms with Gasteiger partial charge in [0, 0.05) is 51.3 Å². The fraction of sp³-hybridized carbons (Fsp3) is 0.221. The Hall–Kier alpha value is -7.89. The number of fused-ring (bicyclic) bond motifs is 4. The number of benzene rings is 8. The lowest BCUT2D eigenvalue weighted by Gasteiger charge is -2.29. The van der Waals surface area contributed by atoms with Crippen LogP contribution in [0.1, 0.15) is 103 Å². The molecule has 2 aromatic heterocycles. The van der Waals surface area contributed by atoms with E-state index in [0.29, 0.717) is 6.67 Å². The Balaban J connectivity index is 1.04. The Morgan fingerprint density at radius 2 is 0.959 bits per heavy atom. The first-order chi connectivity index (χ1) is 34.9. The highest BCUT2D eigenvalue weighted by molar-refractivity contribution is 6.10. The van der Waals surface area contributed by atoms with Gasteiger partial charge in [-0.05, 0) is 128 Å². The lowest BCUT2D eigenvalue weighted by molar-refractivity contribution is 0.480. The van der Waals surface area contributed by atoms with Crippen LogP contribution in [-0.2, 0) is 21.7 Å². The molecule has 364 valence electrons. The van der Waals surface area contributed by atoms with E-state index in [0.717, 1.165) is 50.7 Å². The molecule has 8 aromatic carbocycles. The monoisotopic (exact) mass is 955 g/mol. The smallest absolute Gasteiger partial charge is 0.137 e. The van der Waals surface area contributed by atoms with Crippen LogP contribution in [0.4, 0.5) is 22.7 Å². The molecule has 3 heterocycles. The number of nitrogens with zero attached hydrogens (tertiary/aromatic N) is 4. The summed E-state index contributed by atoms with van der Waals surface area (Å²) in [5.41, 5.74) is 15.9. The van der Waals surface area contributed by atoms with Crippen molar-refractivity contribution in [2.75, 3.05) is 16.5 Å². The normalized spacial score (nSPS) is 13.2. The molecular formula is C68H66N4O. The molecule has 0 saturated carbocycles. The SMILES string of the molecule is CC(C)(C)c1cc(-c2ccccc2)cc(N2CN(c3cc(Oc4ccc5c6cc(C(C)(C)C)ccc6n(-c6cc(C(C)(C)c7ccccc7)ccn6)c5c4)cc(C(C)(C)c4ccccc4)c3)c3ccccc32)c1. The minimum atomic E-state index is -0.342. The highest BCUT2D eigenvalue weighted by Crippen LogP contribution is 2.48. The molecular weight excluding hydrogens is 889 g/mol. The summed E-state index contributed by atoms with van der Waals surface area (Å²) in [6.45, 7) is 23.6. The third-order valence-corrected chi connectivity index (χ3v) is 15.4. The van der Waals surface area contributed by atoms with Gasteiger partial charge in [0.2, 0.25) is 0 Å². The van der Waals surface area contributed by atoms with E-state index in [2.05, 4.69) is 284 Å². The van der Waals surface area contributed by atoms with Crippen LogP contribution in [0, 0.1) is 0 Å². The Morgan fingerprint density at radius 3 is 1.59 bits per heavy atom. The first kappa shape index (κ1) is 47.4. The summed E-state index contributed by atoms with van der Waals surface area (Å²) in [4.78, 5) is 10.0. The van der Waals surface area contributed by atoms with Crippen LogP contribution in [0.3, 0.4) is 0 Å². The van der Waals surface area contributed by atoms with E-state index in [-0.39, 0.29) is 21.7 Å². The number of rotatable bonds is 10. The van der Waals surface area contributed by atoms with Crippen LogP contribution in [0.5, 0.6) is 11.5 Å². The number of hydrogen-bond donors (Lipinski definition) is 0. The van der Waals surface area contributed by atoms with E-state index in [4.69, 9.17) is 9.72 Å². The van der Waals surface area contributed by atoms with Crippen LogP contribution in [0.2, 0.25) is 0 Å². The molecule has 5 heteroatoms. The molecule has 73 heavy (non-hydrogen) atoms. The van der Waals surface area contributed by atoms with Gasteiger partial charge in [0.15, 0.2) is 0 Å². The second-order valence-corrected chi connectivity index (χ2v) is 23.1. The molecule has 0 unspecified atom stereocenters. The first-order valence-corrected chi connectivity index (χ1v) is 25.8. The maximum atomic E-state index is 7.20. The van der Waals surface area contributed by atoms with E-state index in [1.807, 2.05) is 6.20 Å². The van der Waals surface area contributed by atoms with Crippen molar-refractivity contribution in [1.82, 2.24) is 9.55 Å². The molecule has 10 aromatic rings. The predicted molar refractivity (Wildman–Crippen MR) is 307 cm³/mol. The van der Waals surface area contributed by atoms with Gasteiger partial charge in [-0.2, -0.15) is 0 Å². The van der Waals surface area contributed by atoms with Gasteiger partial charge >= 0.3 is 0 Å². The second-order valence-electron chi connectivity index (χ2n) is 23.1. The third kappa shape index (κ3) is 8.86. The van der Waals surface area contributed by atoms with Crippen molar-refractivity contribution in [3.8, 4) is 28.4 Å². The Morgan fingerprint density at radius 1 is 0.384 bits per heavy atom. The van der Waals surface area contributed by atoms with Gasteiger partial charge in [0.1, 0.15) is 24.0 Å². The highest BCUT2D eigenvalue weighted by atomic mass is 16.5. The predicted octanol–water partition coefficient (Wildman–Crippen LogP) is 18.1. The summed E-state index contributed by atoms with van der Waals surface area (Å²) in [5.74, 6) is 2.40. The van der Waals surface area contributed by atoms with Crippen LogP contribution in [0.15, 0.2) is 206 Å². The van der Waals surface area contributed by atoms with Crippen LogP contribution in [0.25, 0.3) is 38.8 Å². The standard InChI is InChI=1S/C68H66N4O/c1-65(2,3)50-30-33-60-59(41-50)58-32-31-56(44-63(58)72(60)64-42-51(34-35-69-64)67(7,8)48-24-16-12-17-25-48)73-57-40-53(68(9,10)49-26-18-13-19-27-49)39-55(43-57)71-45-70(61-28-20-21-29-62(61)71)54-37-47(46-22-14-11-15-23-46)36-52(38-54)66(4,5)6/h11-44H,45H2,1-10H3. The van der Waals surface area contributed by atoms with Crippen molar-refractivity contribution < 1.29 is 4.74 Å². The van der Waals surface area contributed by atoms with Crippen molar-refractivity contribution in [2.45, 2.75) is 90.9 Å². The molecule has 11 rings (SSSR count). The van der Waals surface area contributed by atoms with Gasteiger partial charge in [-0.15, -0.1) is 0 Å². The van der Waals surface area contributed by atoms with Gasteiger partial charge in [-0.25, -0.2) is 4.98 Å².